The topological polar surface area (TPSA) is 105 Å². The lowest BCUT2D eigenvalue weighted by atomic mass is 10.1. The van der Waals surface area contributed by atoms with Crippen molar-refractivity contribution in [1.29, 1.82) is 0 Å². The molecule has 27 heavy (non-hydrogen) atoms. The van der Waals surface area contributed by atoms with E-state index in [-0.39, 0.29) is 30.7 Å². The highest BCUT2D eigenvalue weighted by Gasteiger charge is 2.24. The van der Waals surface area contributed by atoms with E-state index in [4.69, 9.17) is 11.5 Å². The third kappa shape index (κ3) is 7.82. The summed E-state index contributed by atoms with van der Waals surface area (Å²) in [6.07, 6.45) is 2.10. The van der Waals surface area contributed by atoms with Crippen LogP contribution in [0.5, 0.6) is 0 Å². The third-order valence-corrected chi connectivity index (χ3v) is 4.57. The second kappa shape index (κ2) is 12.6. The smallest absolute Gasteiger partial charge is 0.312 e. The predicted octanol–water partition coefficient (Wildman–Crippen LogP) is 1.65. The van der Waals surface area contributed by atoms with Gasteiger partial charge in [0.1, 0.15) is 0 Å². The number of nitrogens with one attached hydrogen (secondary N) is 1. The number of nitrogens with two attached hydrogens (primary N) is 2. The summed E-state index contributed by atoms with van der Waals surface area (Å²) in [4.78, 5) is 27.4. The molecule has 1 atom stereocenters. The molecule has 7 nitrogen and oxygen atoms in total. The molecule has 1 aliphatic heterocycles. The highest BCUT2D eigenvalue weighted by atomic mass is 35.5. The van der Waals surface area contributed by atoms with E-state index in [0.717, 1.165) is 26.1 Å². The minimum absolute atomic E-state index is 0. The van der Waals surface area contributed by atoms with Crippen molar-refractivity contribution in [3.05, 3.63) is 29.8 Å². The lowest BCUT2D eigenvalue weighted by Crippen LogP contribution is -2.45. The fraction of sp³-hybridized carbons (Fsp3) is 0.556. The Hall–Kier alpha value is -1.70. The first kappa shape index (κ1) is 25.3. The molecule has 1 fully saturated rings. The number of hydrogen-bond acceptors (Lipinski definition) is 4. The van der Waals surface area contributed by atoms with Gasteiger partial charge in [0.15, 0.2) is 0 Å². The van der Waals surface area contributed by atoms with Crippen molar-refractivity contribution in [2.45, 2.75) is 32.2 Å². The number of nitrogens with zero attached hydrogens (tertiary/aromatic N) is 2. The Morgan fingerprint density at radius 3 is 2.52 bits per heavy atom. The molecule has 9 heteroatoms. The molecule has 1 saturated heterocycles. The van der Waals surface area contributed by atoms with Crippen LogP contribution in [0, 0.1) is 6.92 Å². The molecule has 0 spiro atoms. The van der Waals surface area contributed by atoms with Gasteiger partial charge >= 0.3 is 6.03 Å². The predicted molar refractivity (Wildman–Crippen MR) is 114 cm³/mol. The van der Waals surface area contributed by atoms with Crippen molar-refractivity contribution in [1.82, 2.24) is 10.2 Å². The van der Waals surface area contributed by atoms with E-state index >= 15 is 0 Å². The van der Waals surface area contributed by atoms with Gasteiger partial charge in [-0.3, -0.25) is 4.79 Å². The van der Waals surface area contributed by atoms with Gasteiger partial charge in [-0.2, -0.15) is 0 Å². The van der Waals surface area contributed by atoms with Crippen molar-refractivity contribution >= 4 is 42.4 Å². The Bertz CT molecular complexity index is 603. The molecular formula is C18H31Cl2N5O2. The maximum Gasteiger partial charge on any atom is 0.312 e. The van der Waals surface area contributed by atoms with Crippen LogP contribution in [-0.2, 0) is 4.79 Å². The van der Waals surface area contributed by atoms with E-state index in [1.807, 2.05) is 17.0 Å². The average Bonchev–Trinajstić information content (AvgIpc) is 2.84. The molecule has 0 saturated carbocycles. The summed E-state index contributed by atoms with van der Waals surface area (Å²) in [5.41, 5.74) is 13.5. The average molecular weight is 420 g/mol. The number of carbonyl (C=O) groups excluding carboxylic acids is 2. The van der Waals surface area contributed by atoms with Crippen molar-refractivity contribution in [2.75, 3.05) is 37.6 Å². The van der Waals surface area contributed by atoms with Gasteiger partial charge in [0, 0.05) is 38.4 Å². The molecule has 5 N–H and O–H groups in total. The first-order valence-corrected chi connectivity index (χ1v) is 8.87. The van der Waals surface area contributed by atoms with Crippen LogP contribution in [0.25, 0.3) is 0 Å². The van der Waals surface area contributed by atoms with E-state index < -0.39 is 12.1 Å². The fourth-order valence-electron chi connectivity index (χ4n) is 3.19. The molecule has 1 aromatic rings. The summed E-state index contributed by atoms with van der Waals surface area (Å²) in [6, 6.07) is 7.25. The first-order valence-electron chi connectivity index (χ1n) is 8.87. The zero-order valence-electron chi connectivity index (χ0n) is 15.7. The molecule has 0 aliphatic carbocycles. The maximum absolute atomic E-state index is 12.6. The van der Waals surface area contributed by atoms with Crippen LogP contribution >= 0.6 is 24.8 Å². The van der Waals surface area contributed by atoms with Crippen LogP contribution < -0.4 is 21.7 Å². The van der Waals surface area contributed by atoms with Crippen molar-refractivity contribution in [3.63, 3.8) is 0 Å². The quantitative estimate of drug-likeness (QED) is 0.609. The van der Waals surface area contributed by atoms with Crippen molar-refractivity contribution < 1.29 is 9.59 Å². The minimum atomic E-state index is -0.552. The van der Waals surface area contributed by atoms with E-state index in [0.29, 0.717) is 25.9 Å². The molecule has 3 amide bonds. The molecule has 1 aliphatic rings. The van der Waals surface area contributed by atoms with Gasteiger partial charge < -0.3 is 26.6 Å². The normalized spacial score (nSPS) is 15.0. The molecule has 0 aromatic heterocycles. The van der Waals surface area contributed by atoms with Gasteiger partial charge in [-0.1, -0.05) is 18.2 Å². The molecule has 0 radical (unpaired) electrons. The number of rotatable bonds is 6. The Morgan fingerprint density at radius 2 is 1.85 bits per heavy atom. The molecule has 1 aromatic carbocycles. The molecule has 2 rings (SSSR count). The van der Waals surface area contributed by atoms with Gasteiger partial charge in [0.2, 0.25) is 5.91 Å². The van der Waals surface area contributed by atoms with Crippen molar-refractivity contribution in [3.8, 4) is 0 Å². The van der Waals surface area contributed by atoms with E-state index in [1.165, 1.54) is 11.3 Å². The Labute approximate surface area is 173 Å². The lowest BCUT2D eigenvalue weighted by Gasteiger charge is -2.26. The van der Waals surface area contributed by atoms with Gasteiger partial charge in [-0.05, 0) is 37.8 Å². The Balaban J connectivity index is 0.00000338. The second-order valence-corrected chi connectivity index (χ2v) is 6.49. The summed E-state index contributed by atoms with van der Waals surface area (Å²) in [6.45, 7) is 5.71. The third-order valence-electron chi connectivity index (χ3n) is 4.57. The standard InChI is InChI=1S/C18H29N5O2.2ClH/c1-14-6-2-3-8-16(14)22-10-5-11-23(13-12-22)17(24)15(19)7-4-9-21-18(20)25;;/h2-3,6,8,15H,4-5,7,9-13,19H2,1H3,(H3,20,21,25);2*1H/t15-;;/m0../s1. The van der Waals surface area contributed by atoms with Gasteiger partial charge in [0.05, 0.1) is 6.04 Å². The molecule has 0 bridgehead atoms. The number of hydrogen-bond donors (Lipinski definition) is 3. The SMILES string of the molecule is Cc1ccccc1N1CCCN(C(=O)[C@@H](N)CCCNC(N)=O)CC1.Cl.Cl. The summed E-state index contributed by atoms with van der Waals surface area (Å²) >= 11 is 0. The second-order valence-electron chi connectivity index (χ2n) is 6.49. The summed E-state index contributed by atoms with van der Waals surface area (Å²) < 4.78 is 0. The molecule has 154 valence electrons. The fourth-order valence-corrected chi connectivity index (χ4v) is 3.19. The lowest BCUT2D eigenvalue weighted by molar-refractivity contribution is -0.132. The number of urea groups is 1. The van der Waals surface area contributed by atoms with Gasteiger partial charge in [-0.15, -0.1) is 24.8 Å². The van der Waals surface area contributed by atoms with Crippen LogP contribution in [-0.4, -0.2) is 55.6 Å². The van der Waals surface area contributed by atoms with Crippen LogP contribution in [0.1, 0.15) is 24.8 Å². The van der Waals surface area contributed by atoms with E-state index in [1.54, 1.807) is 0 Å². The number of anilines is 1. The molecular weight excluding hydrogens is 389 g/mol. The highest BCUT2D eigenvalue weighted by molar-refractivity contribution is 5.85. The number of carbonyl (C=O) groups is 2. The van der Waals surface area contributed by atoms with Crippen LogP contribution in [0.4, 0.5) is 10.5 Å². The van der Waals surface area contributed by atoms with E-state index in [2.05, 4.69) is 29.3 Å². The largest absolute Gasteiger partial charge is 0.369 e. The molecule has 1 heterocycles. The van der Waals surface area contributed by atoms with Crippen LogP contribution in [0.2, 0.25) is 0 Å². The summed E-state index contributed by atoms with van der Waals surface area (Å²) in [5.74, 6) is -0.00860. The van der Waals surface area contributed by atoms with E-state index in [9.17, 15) is 9.59 Å². The number of benzene rings is 1. The molecule has 0 unspecified atom stereocenters. The Morgan fingerprint density at radius 1 is 1.15 bits per heavy atom. The number of halogens is 2. The zero-order valence-corrected chi connectivity index (χ0v) is 17.4. The summed E-state index contributed by atoms with van der Waals surface area (Å²) in [5, 5.41) is 2.51. The van der Waals surface area contributed by atoms with Gasteiger partial charge in [-0.25, -0.2) is 4.79 Å². The van der Waals surface area contributed by atoms with Gasteiger partial charge in [0.25, 0.3) is 0 Å². The highest BCUT2D eigenvalue weighted by Crippen LogP contribution is 2.21. The van der Waals surface area contributed by atoms with Crippen molar-refractivity contribution in [2.24, 2.45) is 11.5 Å². The number of primary amides is 1. The maximum atomic E-state index is 12.6. The van der Waals surface area contributed by atoms with Crippen LogP contribution in [0.3, 0.4) is 0 Å². The Kier molecular flexibility index (Phi) is 11.8. The first-order chi connectivity index (χ1) is 12.0. The monoisotopic (exact) mass is 419 g/mol. The number of amides is 3. The van der Waals surface area contributed by atoms with Crippen LogP contribution in [0.15, 0.2) is 24.3 Å². The number of para-hydroxylation sites is 1. The number of aryl methyl sites for hydroxylation is 1. The minimum Gasteiger partial charge on any atom is -0.369 e. The zero-order chi connectivity index (χ0) is 18.2. The summed E-state index contributed by atoms with van der Waals surface area (Å²) in [7, 11) is 0.